The quantitative estimate of drug-likeness (QED) is 0.618. The van der Waals surface area contributed by atoms with E-state index in [0.717, 1.165) is 0 Å². The molecule has 1 rings (SSSR count). The van der Waals surface area contributed by atoms with Gasteiger partial charge in [-0.3, -0.25) is 4.74 Å². The minimum Gasteiger partial charge on any atom is -0.289 e. The van der Waals surface area contributed by atoms with Crippen molar-refractivity contribution < 1.29 is 17.9 Å². The van der Waals surface area contributed by atoms with Crippen LogP contribution in [0.25, 0.3) is 0 Å². The second-order valence-electron chi connectivity index (χ2n) is 2.82. The van der Waals surface area contributed by atoms with Crippen molar-refractivity contribution in [2.24, 2.45) is 5.92 Å². The molecule has 1 aliphatic rings. The molecular weight excluding hydrogens is 171 g/mol. The zero-order chi connectivity index (χ0) is 9.19. The van der Waals surface area contributed by atoms with Crippen LogP contribution in [-0.4, -0.2) is 12.5 Å². The van der Waals surface area contributed by atoms with E-state index in [1.54, 1.807) is 0 Å². The van der Waals surface area contributed by atoms with Gasteiger partial charge in [0.2, 0.25) is 0 Å². The Morgan fingerprint density at radius 1 is 1.33 bits per heavy atom. The number of rotatable bonds is 1. The van der Waals surface area contributed by atoms with Crippen LogP contribution in [0.5, 0.6) is 0 Å². The van der Waals surface area contributed by atoms with Gasteiger partial charge in [-0.05, 0) is 19.3 Å². The zero-order valence-corrected chi connectivity index (χ0v) is 6.27. The van der Waals surface area contributed by atoms with Gasteiger partial charge in [0.25, 0.3) is 0 Å². The first-order valence-corrected chi connectivity index (χ1v) is 3.65. The van der Waals surface area contributed by atoms with Crippen LogP contribution in [0.1, 0.15) is 19.3 Å². The van der Waals surface area contributed by atoms with Crippen LogP contribution < -0.4 is 0 Å². The Morgan fingerprint density at radius 3 is 2.42 bits per heavy atom. The Hall–Kier alpha value is -0.760. The third kappa shape index (κ3) is 2.70. The molecular formula is C7H8F3NO. The number of alkyl halides is 3. The third-order valence-electron chi connectivity index (χ3n) is 1.87. The van der Waals surface area contributed by atoms with E-state index in [1.807, 2.05) is 6.07 Å². The summed E-state index contributed by atoms with van der Waals surface area (Å²) in [7, 11) is 0. The highest BCUT2D eigenvalue weighted by atomic mass is 19.4. The molecule has 1 aliphatic carbocycles. The van der Waals surface area contributed by atoms with E-state index in [9.17, 15) is 13.2 Å². The highest BCUT2D eigenvalue weighted by Gasteiger charge is 2.37. The summed E-state index contributed by atoms with van der Waals surface area (Å²) >= 11 is 0. The molecule has 0 bridgehead atoms. The topological polar surface area (TPSA) is 33.0 Å². The van der Waals surface area contributed by atoms with E-state index in [4.69, 9.17) is 5.26 Å². The summed E-state index contributed by atoms with van der Waals surface area (Å²) in [6.07, 6.45) is -4.32. The molecule has 0 saturated heterocycles. The van der Waals surface area contributed by atoms with E-state index < -0.39 is 12.5 Å². The predicted octanol–water partition coefficient (Wildman–Crippen LogP) is 2.22. The largest absolute Gasteiger partial charge is 0.522 e. The molecule has 2 unspecified atom stereocenters. The Bertz CT molecular complexity index is 196. The van der Waals surface area contributed by atoms with Crippen molar-refractivity contribution in [1.82, 2.24) is 0 Å². The molecule has 0 N–H and O–H groups in total. The van der Waals surface area contributed by atoms with Crippen molar-refractivity contribution in [2.75, 3.05) is 0 Å². The normalized spacial score (nSPS) is 30.2. The molecule has 2 atom stereocenters. The molecule has 0 aromatic rings. The molecule has 0 radical (unpaired) electrons. The molecule has 0 aliphatic heterocycles. The molecule has 1 saturated carbocycles. The van der Waals surface area contributed by atoms with Crippen LogP contribution in [0.4, 0.5) is 13.2 Å². The van der Waals surface area contributed by atoms with Gasteiger partial charge in [0.15, 0.2) is 0 Å². The van der Waals surface area contributed by atoms with Crippen molar-refractivity contribution in [3.8, 4) is 6.07 Å². The Balaban J connectivity index is 2.34. The molecule has 12 heavy (non-hydrogen) atoms. The maximum Gasteiger partial charge on any atom is 0.522 e. The molecule has 0 heterocycles. The van der Waals surface area contributed by atoms with Crippen molar-refractivity contribution in [1.29, 1.82) is 5.26 Å². The fraction of sp³-hybridized carbons (Fsp3) is 0.857. The number of nitrogens with zero attached hydrogens (tertiary/aromatic N) is 1. The highest BCUT2D eigenvalue weighted by molar-refractivity contribution is 4.90. The van der Waals surface area contributed by atoms with Gasteiger partial charge in [0, 0.05) is 5.92 Å². The minimum absolute atomic E-state index is 0.204. The Morgan fingerprint density at radius 2 is 2.00 bits per heavy atom. The van der Waals surface area contributed by atoms with Gasteiger partial charge in [-0.1, -0.05) is 0 Å². The average molecular weight is 179 g/mol. The maximum absolute atomic E-state index is 11.6. The number of nitriles is 1. The average Bonchev–Trinajstić information content (AvgIpc) is 2.32. The molecule has 1 fully saturated rings. The maximum atomic E-state index is 11.6. The summed E-state index contributed by atoms with van der Waals surface area (Å²) in [6.45, 7) is 0. The van der Waals surface area contributed by atoms with Crippen LogP contribution >= 0.6 is 0 Å². The van der Waals surface area contributed by atoms with E-state index >= 15 is 0 Å². The van der Waals surface area contributed by atoms with E-state index in [2.05, 4.69) is 4.74 Å². The lowest BCUT2D eigenvalue weighted by atomic mass is 10.1. The first-order valence-electron chi connectivity index (χ1n) is 3.65. The Kier molecular flexibility index (Phi) is 2.58. The summed E-state index contributed by atoms with van der Waals surface area (Å²) in [5, 5.41) is 8.40. The second kappa shape index (κ2) is 3.31. The number of hydrogen-bond acceptors (Lipinski definition) is 2. The first-order chi connectivity index (χ1) is 5.51. The zero-order valence-electron chi connectivity index (χ0n) is 6.27. The molecule has 0 spiro atoms. The van der Waals surface area contributed by atoms with Crippen LogP contribution in [0, 0.1) is 17.2 Å². The molecule has 0 aromatic heterocycles. The fourth-order valence-electron chi connectivity index (χ4n) is 1.35. The van der Waals surface area contributed by atoms with Gasteiger partial charge in [-0.25, -0.2) is 0 Å². The lowest BCUT2D eigenvalue weighted by Crippen LogP contribution is -2.21. The standard InChI is InChI=1S/C7H8F3NO/c8-7(9,10)12-6-2-1-5(3-6)4-11/h5-6H,1-3H2. The molecule has 68 valence electrons. The second-order valence-corrected chi connectivity index (χ2v) is 2.82. The van der Waals surface area contributed by atoms with Gasteiger partial charge in [0.05, 0.1) is 12.2 Å². The first kappa shape index (κ1) is 9.33. The highest BCUT2D eigenvalue weighted by Crippen LogP contribution is 2.31. The molecule has 2 nitrogen and oxygen atoms in total. The number of ether oxygens (including phenoxy) is 1. The fourth-order valence-corrected chi connectivity index (χ4v) is 1.35. The summed E-state index contributed by atoms with van der Waals surface area (Å²) in [5.74, 6) is -0.266. The van der Waals surface area contributed by atoms with Gasteiger partial charge >= 0.3 is 6.36 Å². The summed E-state index contributed by atoms with van der Waals surface area (Å²) < 4.78 is 38.7. The van der Waals surface area contributed by atoms with E-state index in [0.29, 0.717) is 12.8 Å². The van der Waals surface area contributed by atoms with E-state index in [-0.39, 0.29) is 12.3 Å². The van der Waals surface area contributed by atoms with Crippen molar-refractivity contribution in [3.05, 3.63) is 0 Å². The van der Waals surface area contributed by atoms with Crippen LogP contribution in [0.3, 0.4) is 0 Å². The third-order valence-corrected chi connectivity index (χ3v) is 1.87. The SMILES string of the molecule is N#CC1CCC(OC(F)(F)F)C1. The summed E-state index contributed by atoms with van der Waals surface area (Å²) in [6, 6.07) is 1.93. The van der Waals surface area contributed by atoms with Crippen molar-refractivity contribution in [2.45, 2.75) is 31.7 Å². The number of halogens is 3. The van der Waals surface area contributed by atoms with Gasteiger partial charge in [0.1, 0.15) is 0 Å². The molecule has 0 amide bonds. The summed E-state index contributed by atoms with van der Waals surface area (Å²) in [5.41, 5.74) is 0. The van der Waals surface area contributed by atoms with Crippen LogP contribution in [0.2, 0.25) is 0 Å². The number of hydrogen-bond donors (Lipinski definition) is 0. The van der Waals surface area contributed by atoms with Gasteiger partial charge < -0.3 is 0 Å². The Labute approximate surface area is 67.9 Å². The lowest BCUT2D eigenvalue weighted by Gasteiger charge is -2.12. The molecule has 5 heteroatoms. The molecule has 0 aromatic carbocycles. The van der Waals surface area contributed by atoms with Crippen LogP contribution in [0.15, 0.2) is 0 Å². The predicted molar refractivity (Wildman–Crippen MR) is 33.9 cm³/mol. The van der Waals surface area contributed by atoms with E-state index in [1.165, 1.54) is 0 Å². The lowest BCUT2D eigenvalue weighted by molar-refractivity contribution is -0.341. The minimum atomic E-state index is -4.56. The van der Waals surface area contributed by atoms with Crippen molar-refractivity contribution >= 4 is 0 Å². The van der Waals surface area contributed by atoms with Crippen molar-refractivity contribution in [3.63, 3.8) is 0 Å². The monoisotopic (exact) mass is 179 g/mol. The smallest absolute Gasteiger partial charge is 0.289 e. The van der Waals surface area contributed by atoms with Gasteiger partial charge in [-0.2, -0.15) is 5.26 Å². The van der Waals surface area contributed by atoms with Crippen LogP contribution in [-0.2, 0) is 4.74 Å². The summed E-state index contributed by atoms with van der Waals surface area (Å²) in [4.78, 5) is 0. The van der Waals surface area contributed by atoms with Gasteiger partial charge in [-0.15, -0.1) is 13.2 Å².